The molecule has 1 saturated heterocycles. The minimum absolute atomic E-state index is 0.923. The van der Waals surface area contributed by atoms with Crippen LogP contribution in [0.25, 0.3) is 0 Å². The minimum atomic E-state index is 0.923. The Balaban J connectivity index is 1.39. The van der Waals surface area contributed by atoms with E-state index in [1.807, 2.05) is 0 Å². The fraction of sp³-hybridized carbons (Fsp3) is 1.00. The summed E-state index contributed by atoms with van der Waals surface area (Å²) in [5.41, 5.74) is 0. The van der Waals surface area contributed by atoms with Crippen molar-refractivity contribution in [1.82, 2.24) is 4.90 Å². The van der Waals surface area contributed by atoms with Crippen LogP contribution in [0.5, 0.6) is 0 Å². The molecule has 4 aliphatic rings. The Kier molecular flexibility index (Phi) is 6.95. The van der Waals surface area contributed by atoms with Gasteiger partial charge in [-0.15, -0.1) is 0 Å². The van der Waals surface area contributed by atoms with Gasteiger partial charge in [-0.1, -0.05) is 13.8 Å². The smallest absolute Gasteiger partial charge is 0.0101 e. The van der Waals surface area contributed by atoms with Crippen molar-refractivity contribution in [3.8, 4) is 0 Å². The second kappa shape index (κ2) is 9.21. The van der Waals surface area contributed by atoms with Crippen molar-refractivity contribution in [3.05, 3.63) is 0 Å². The summed E-state index contributed by atoms with van der Waals surface area (Å²) in [6.45, 7) is 4.96. The normalized spacial score (nSPS) is 45.1. The molecular formula is C24H43NS. The lowest BCUT2D eigenvalue weighted by Crippen LogP contribution is -2.52. The van der Waals surface area contributed by atoms with Crippen LogP contribution in [0.2, 0.25) is 0 Å². The average molecular weight is 378 g/mol. The second-order valence-electron chi connectivity index (χ2n) is 10.4. The van der Waals surface area contributed by atoms with Gasteiger partial charge in [-0.25, -0.2) is 0 Å². The van der Waals surface area contributed by atoms with Gasteiger partial charge in [0, 0.05) is 23.4 Å². The molecule has 1 nitrogen and oxygen atoms in total. The van der Waals surface area contributed by atoms with Crippen LogP contribution in [0.15, 0.2) is 0 Å². The van der Waals surface area contributed by atoms with Crippen LogP contribution < -0.4 is 0 Å². The van der Waals surface area contributed by atoms with Crippen LogP contribution in [-0.2, 0) is 0 Å². The minimum Gasteiger partial charge on any atom is -0.294 e. The molecule has 1 unspecified atom stereocenters. The second-order valence-corrected chi connectivity index (χ2v) is 11.7. The number of nitrogens with zero attached hydrogens (tertiary/aromatic N) is 1. The van der Waals surface area contributed by atoms with Gasteiger partial charge < -0.3 is 0 Å². The van der Waals surface area contributed by atoms with Gasteiger partial charge in [-0.2, -0.15) is 11.8 Å². The summed E-state index contributed by atoms with van der Waals surface area (Å²) in [6.07, 6.45) is 21.0. The highest BCUT2D eigenvalue weighted by atomic mass is 32.2. The highest BCUT2D eigenvalue weighted by molar-refractivity contribution is 8.00. The first kappa shape index (κ1) is 19.6. The van der Waals surface area contributed by atoms with Crippen LogP contribution in [0.3, 0.4) is 0 Å². The molecule has 1 heterocycles. The molecule has 0 aromatic carbocycles. The molecule has 150 valence electrons. The van der Waals surface area contributed by atoms with E-state index in [0.29, 0.717) is 0 Å². The first-order valence-electron chi connectivity index (χ1n) is 12.1. The Bertz CT molecular complexity index is 386. The Labute approximate surface area is 167 Å². The summed E-state index contributed by atoms with van der Waals surface area (Å²) >= 11 is 2.30. The Morgan fingerprint density at radius 2 is 1.04 bits per heavy atom. The lowest BCUT2D eigenvalue weighted by Gasteiger charge is -2.49. The van der Waals surface area contributed by atoms with Crippen molar-refractivity contribution in [1.29, 1.82) is 0 Å². The molecular weight excluding hydrogens is 334 g/mol. The maximum atomic E-state index is 3.15. The van der Waals surface area contributed by atoms with Crippen molar-refractivity contribution in [3.63, 3.8) is 0 Å². The third kappa shape index (κ3) is 4.65. The zero-order valence-electron chi connectivity index (χ0n) is 17.5. The Morgan fingerprint density at radius 3 is 1.46 bits per heavy atom. The van der Waals surface area contributed by atoms with Crippen molar-refractivity contribution < 1.29 is 0 Å². The van der Waals surface area contributed by atoms with Crippen molar-refractivity contribution >= 4 is 11.8 Å². The highest BCUT2D eigenvalue weighted by Crippen LogP contribution is 2.43. The van der Waals surface area contributed by atoms with Gasteiger partial charge in [0.15, 0.2) is 0 Å². The molecule has 0 radical (unpaired) electrons. The van der Waals surface area contributed by atoms with Crippen molar-refractivity contribution in [2.24, 2.45) is 17.8 Å². The van der Waals surface area contributed by atoms with E-state index in [1.165, 1.54) is 95.6 Å². The Hall–Kier alpha value is 0.310. The van der Waals surface area contributed by atoms with Crippen LogP contribution in [0.1, 0.15) is 104 Å². The molecule has 1 aliphatic heterocycles. The zero-order valence-corrected chi connectivity index (χ0v) is 18.3. The number of rotatable bonds is 4. The third-order valence-electron chi connectivity index (χ3n) is 8.47. The summed E-state index contributed by atoms with van der Waals surface area (Å²) in [7, 11) is 0. The van der Waals surface area contributed by atoms with Gasteiger partial charge in [0.25, 0.3) is 0 Å². The molecule has 0 aromatic rings. The molecule has 3 saturated carbocycles. The molecule has 0 amide bonds. The Morgan fingerprint density at radius 1 is 0.577 bits per heavy atom. The monoisotopic (exact) mass is 377 g/mol. The van der Waals surface area contributed by atoms with E-state index >= 15 is 0 Å². The predicted molar refractivity (Wildman–Crippen MR) is 116 cm³/mol. The highest BCUT2D eigenvalue weighted by Gasteiger charge is 2.38. The fourth-order valence-corrected chi connectivity index (χ4v) is 8.24. The van der Waals surface area contributed by atoms with E-state index in [1.54, 1.807) is 0 Å². The van der Waals surface area contributed by atoms with E-state index in [2.05, 4.69) is 30.5 Å². The van der Waals surface area contributed by atoms with Gasteiger partial charge in [0.05, 0.1) is 0 Å². The molecule has 0 aromatic heterocycles. The van der Waals surface area contributed by atoms with Gasteiger partial charge in [0.1, 0.15) is 0 Å². The number of thioether (sulfide) groups is 1. The molecule has 0 N–H and O–H groups in total. The van der Waals surface area contributed by atoms with E-state index < -0.39 is 0 Å². The van der Waals surface area contributed by atoms with Crippen molar-refractivity contribution in [2.45, 2.75) is 127 Å². The van der Waals surface area contributed by atoms with E-state index in [9.17, 15) is 0 Å². The largest absolute Gasteiger partial charge is 0.294 e. The van der Waals surface area contributed by atoms with Crippen LogP contribution >= 0.6 is 11.8 Å². The topological polar surface area (TPSA) is 3.24 Å². The quantitative estimate of drug-likeness (QED) is 0.524. The molecule has 2 heteroatoms. The van der Waals surface area contributed by atoms with Crippen LogP contribution in [-0.4, -0.2) is 34.0 Å². The third-order valence-corrected chi connectivity index (χ3v) is 10.0. The van der Waals surface area contributed by atoms with Crippen LogP contribution in [0, 0.1) is 17.8 Å². The predicted octanol–water partition coefficient (Wildman–Crippen LogP) is 6.90. The lowest BCUT2D eigenvalue weighted by molar-refractivity contribution is 0.00568. The molecule has 4 rings (SSSR count). The first-order chi connectivity index (χ1) is 12.7. The fourth-order valence-electron chi connectivity index (χ4n) is 6.72. The SMILES string of the molecule is CC1CCC(N(C2CCC(C)CC2)C2CCC(C3CCCS3)CC2)CC1. The summed E-state index contributed by atoms with van der Waals surface area (Å²) < 4.78 is 0. The van der Waals surface area contributed by atoms with Crippen LogP contribution in [0.4, 0.5) is 0 Å². The summed E-state index contributed by atoms with van der Waals surface area (Å²) in [4.78, 5) is 3.15. The molecule has 0 bridgehead atoms. The molecule has 3 aliphatic carbocycles. The molecule has 0 spiro atoms. The maximum absolute atomic E-state index is 3.15. The number of hydrogen-bond donors (Lipinski definition) is 0. The first-order valence-corrected chi connectivity index (χ1v) is 13.1. The average Bonchev–Trinajstić information content (AvgIpc) is 3.20. The summed E-state index contributed by atoms with van der Waals surface area (Å²) in [6, 6.07) is 2.77. The maximum Gasteiger partial charge on any atom is 0.0101 e. The zero-order chi connectivity index (χ0) is 17.9. The van der Waals surface area contributed by atoms with Gasteiger partial charge in [-0.05, 0) is 113 Å². The van der Waals surface area contributed by atoms with Gasteiger partial charge >= 0.3 is 0 Å². The lowest BCUT2D eigenvalue weighted by atomic mass is 9.77. The molecule has 1 atom stereocenters. The standard InChI is InChI=1S/C24H43NS/c1-18-5-11-21(12-6-18)25(22-13-7-19(2)8-14-22)23-15-9-20(10-16-23)24-4-3-17-26-24/h18-24H,3-17H2,1-2H3. The summed E-state index contributed by atoms with van der Waals surface area (Å²) in [5.74, 6) is 4.46. The van der Waals surface area contributed by atoms with Gasteiger partial charge in [-0.3, -0.25) is 4.90 Å². The molecule has 26 heavy (non-hydrogen) atoms. The summed E-state index contributed by atoms with van der Waals surface area (Å²) in [5, 5.41) is 1.02. The molecule has 4 fully saturated rings. The van der Waals surface area contributed by atoms with E-state index in [4.69, 9.17) is 0 Å². The number of hydrogen-bond acceptors (Lipinski definition) is 2. The van der Waals surface area contributed by atoms with E-state index in [-0.39, 0.29) is 0 Å². The van der Waals surface area contributed by atoms with Gasteiger partial charge in [0.2, 0.25) is 0 Å². The van der Waals surface area contributed by atoms with Crippen molar-refractivity contribution in [2.75, 3.05) is 5.75 Å². The van der Waals surface area contributed by atoms with E-state index in [0.717, 1.165) is 41.1 Å².